The number of phenols is 1. The summed E-state index contributed by atoms with van der Waals surface area (Å²) in [4.78, 5) is 42.6. The zero-order valence-corrected chi connectivity index (χ0v) is 20.0. The number of aliphatic hydroxyl groups is 3. The summed E-state index contributed by atoms with van der Waals surface area (Å²) < 4.78 is 5.44. The van der Waals surface area contributed by atoms with Gasteiger partial charge in [-0.2, -0.15) is 0 Å². The van der Waals surface area contributed by atoms with Gasteiger partial charge >= 0.3 is 0 Å². The zero-order chi connectivity index (χ0) is 26.1. The number of fused-ring (bicyclic) bond motifs is 3. The maximum Gasteiger partial charge on any atom is 0.255 e. The molecular weight excluding hydrogens is 470 g/mol. The van der Waals surface area contributed by atoms with E-state index in [0.717, 1.165) is 5.69 Å². The van der Waals surface area contributed by atoms with Crippen LogP contribution in [-0.2, 0) is 25.5 Å². The van der Waals surface area contributed by atoms with Gasteiger partial charge < -0.3 is 35.8 Å². The molecule has 6 N–H and O–H groups in total. The van der Waals surface area contributed by atoms with Crippen LogP contribution in [0.3, 0.4) is 0 Å². The van der Waals surface area contributed by atoms with Gasteiger partial charge in [-0.3, -0.25) is 19.3 Å². The normalized spacial score (nSPS) is 30.3. The average Bonchev–Trinajstić information content (AvgIpc) is 2.81. The van der Waals surface area contributed by atoms with E-state index < -0.39 is 58.0 Å². The number of hydrogen-bond acceptors (Lipinski definition) is 10. The van der Waals surface area contributed by atoms with E-state index in [1.807, 2.05) is 0 Å². The summed E-state index contributed by atoms with van der Waals surface area (Å²) in [6.45, 7) is 2.29. The first-order valence-corrected chi connectivity index (χ1v) is 11.8. The number of primary amides is 1. The smallest absolute Gasteiger partial charge is 0.255 e. The minimum atomic E-state index is -2.64. The molecule has 5 rings (SSSR count). The standard InChI is InChI=1S/C25H29N3O8/c1-27(2)19-13-10-11-9-12-14(28-5-7-36-8-6-28)3-4-15(29)17(12)20(30)16(11)22(32)25(13,35)23(33)18(21(19)31)24(26)34/h3-4,11,13,19,29-30,33,35H,5-10H2,1-2H3,(H2,26,34). The Balaban J connectivity index is 1.70. The maximum absolute atomic E-state index is 13.8. The van der Waals surface area contributed by atoms with Crippen LogP contribution in [0.2, 0.25) is 0 Å². The number of nitrogens with two attached hydrogens (primary N) is 1. The number of phenolic OH excluding ortho intramolecular Hbond substituents is 1. The number of rotatable bonds is 3. The van der Waals surface area contributed by atoms with Gasteiger partial charge in [0.2, 0.25) is 5.78 Å². The van der Waals surface area contributed by atoms with E-state index in [2.05, 4.69) is 4.90 Å². The Kier molecular flexibility index (Phi) is 5.62. The van der Waals surface area contributed by atoms with Crippen molar-refractivity contribution in [3.8, 4) is 5.75 Å². The van der Waals surface area contributed by atoms with Gasteiger partial charge in [0.1, 0.15) is 22.8 Å². The zero-order valence-electron chi connectivity index (χ0n) is 20.0. The van der Waals surface area contributed by atoms with E-state index in [1.165, 1.54) is 11.0 Å². The molecule has 1 saturated carbocycles. The van der Waals surface area contributed by atoms with Gasteiger partial charge in [-0.05, 0) is 50.6 Å². The maximum atomic E-state index is 13.8. The van der Waals surface area contributed by atoms with Crippen molar-refractivity contribution in [1.82, 2.24) is 4.90 Å². The van der Waals surface area contributed by atoms with Crippen molar-refractivity contribution < 1.29 is 39.5 Å². The van der Waals surface area contributed by atoms with Crippen molar-refractivity contribution >= 4 is 28.9 Å². The molecule has 0 aromatic heterocycles. The van der Waals surface area contributed by atoms with Crippen molar-refractivity contribution in [2.24, 2.45) is 17.6 Å². The van der Waals surface area contributed by atoms with Crippen LogP contribution in [0.1, 0.15) is 17.5 Å². The molecule has 0 bridgehead atoms. The Morgan fingerprint density at radius 1 is 1.17 bits per heavy atom. The van der Waals surface area contributed by atoms with E-state index in [-0.39, 0.29) is 29.7 Å². The summed E-state index contributed by atoms with van der Waals surface area (Å²) in [5, 5.41) is 44.5. The number of ketones is 2. The number of ether oxygens (including phenoxy) is 1. The summed E-state index contributed by atoms with van der Waals surface area (Å²) in [5.74, 6) is -6.55. The fraction of sp³-hybridized carbons (Fsp3) is 0.480. The van der Waals surface area contributed by atoms with Crippen LogP contribution >= 0.6 is 0 Å². The molecule has 0 spiro atoms. The number of likely N-dealkylation sites (N-methyl/N-ethyl adjacent to an activating group) is 1. The second kappa shape index (κ2) is 8.32. The van der Waals surface area contributed by atoms with Gasteiger partial charge in [-0.1, -0.05) is 0 Å². The van der Waals surface area contributed by atoms with Crippen molar-refractivity contribution in [2.45, 2.75) is 24.5 Å². The fourth-order valence-corrected chi connectivity index (χ4v) is 6.33. The lowest BCUT2D eigenvalue weighted by molar-refractivity contribution is -0.153. The summed E-state index contributed by atoms with van der Waals surface area (Å²) >= 11 is 0. The number of hydrogen-bond donors (Lipinski definition) is 5. The van der Waals surface area contributed by atoms with Gasteiger partial charge in [0.25, 0.3) is 5.91 Å². The van der Waals surface area contributed by atoms with Crippen molar-refractivity contribution in [1.29, 1.82) is 0 Å². The molecule has 4 atom stereocenters. The van der Waals surface area contributed by atoms with Gasteiger partial charge in [-0.25, -0.2) is 0 Å². The second-order valence-electron chi connectivity index (χ2n) is 10.0. The van der Waals surface area contributed by atoms with Gasteiger partial charge in [0, 0.05) is 30.3 Å². The molecule has 1 aliphatic heterocycles. The highest BCUT2D eigenvalue weighted by Gasteiger charge is 2.64. The molecule has 11 heteroatoms. The van der Waals surface area contributed by atoms with Crippen molar-refractivity contribution in [3.05, 3.63) is 40.2 Å². The van der Waals surface area contributed by atoms with Crippen LogP contribution in [0.15, 0.2) is 29.0 Å². The van der Waals surface area contributed by atoms with Crippen LogP contribution in [0, 0.1) is 11.8 Å². The number of carbonyl (C=O) groups is 3. The first kappa shape index (κ1) is 24.3. The van der Waals surface area contributed by atoms with E-state index in [4.69, 9.17) is 10.5 Å². The number of Topliss-reactive ketones (excluding diaryl/α,β-unsaturated/α-hetero) is 2. The van der Waals surface area contributed by atoms with E-state index in [1.54, 1.807) is 20.2 Å². The number of benzene rings is 1. The minimum absolute atomic E-state index is 0.0595. The molecular formula is C25H29N3O8. The van der Waals surface area contributed by atoms with Crippen LogP contribution in [0.25, 0.3) is 5.76 Å². The Labute approximate surface area is 207 Å². The number of morpholine rings is 1. The number of aromatic hydroxyl groups is 1. The van der Waals surface area contributed by atoms with E-state index in [0.29, 0.717) is 31.9 Å². The molecule has 1 heterocycles. The SMILES string of the molecule is CN(C)C1C(=O)C(C(N)=O)=C(O)C2(O)C(=O)C3=C(O)c4c(O)ccc(N5CCOCC5)c4CC3CC12. The van der Waals surface area contributed by atoms with Crippen LogP contribution in [-0.4, -0.2) is 94.8 Å². The summed E-state index contributed by atoms with van der Waals surface area (Å²) in [5.41, 5.74) is 3.27. The van der Waals surface area contributed by atoms with Gasteiger partial charge in [-0.15, -0.1) is 0 Å². The third-order valence-electron chi connectivity index (χ3n) is 7.93. The van der Waals surface area contributed by atoms with Crippen molar-refractivity contribution in [3.63, 3.8) is 0 Å². The van der Waals surface area contributed by atoms with Crippen LogP contribution in [0.5, 0.6) is 5.75 Å². The number of nitrogens with zero attached hydrogens (tertiary/aromatic N) is 2. The number of carbonyl (C=O) groups excluding carboxylic acids is 3. The highest BCUT2D eigenvalue weighted by atomic mass is 16.5. The molecule has 11 nitrogen and oxygen atoms in total. The lowest BCUT2D eigenvalue weighted by Gasteiger charge is -2.50. The summed E-state index contributed by atoms with van der Waals surface area (Å²) in [6.07, 6.45) is 0.319. The van der Waals surface area contributed by atoms with Crippen LogP contribution in [0.4, 0.5) is 5.69 Å². The fourth-order valence-electron chi connectivity index (χ4n) is 6.33. The number of anilines is 1. The lowest BCUT2D eigenvalue weighted by atomic mass is 9.57. The largest absolute Gasteiger partial charge is 0.508 e. The molecule has 4 aliphatic rings. The monoisotopic (exact) mass is 499 g/mol. The van der Waals surface area contributed by atoms with E-state index in [9.17, 15) is 34.8 Å². The molecule has 4 unspecified atom stereocenters. The van der Waals surface area contributed by atoms with Crippen LogP contribution < -0.4 is 10.6 Å². The first-order chi connectivity index (χ1) is 17.0. The second-order valence-corrected chi connectivity index (χ2v) is 10.0. The number of aliphatic hydroxyl groups excluding tert-OH is 2. The Morgan fingerprint density at radius 3 is 2.44 bits per heavy atom. The van der Waals surface area contributed by atoms with Crippen molar-refractivity contribution in [2.75, 3.05) is 45.3 Å². The highest BCUT2D eigenvalue weighted by Crippen LogP contribution is 2.53. The molecule has 1 aromatic carbocycles. The summed E-state index contributed by atoms with van der Waals surface area (Å²) in [6, 6.07) is 2.10. The van der Waals surface area contributed by atoms with Gasteiger partial charge in [0.05, 0.1) is 24.8 Å². The predicted octanol–water partition coefficient (Wildman–Crippen LogP) is -0.199. The molecule has 2 fully saturated rings. The topological polar surface area (TPSA) is 174 Å². The molecule has 3 aliphatic carbocycles. The van der Waals surface area contributed by atoms with Gasteiger partial charge in [0.15, 0.2) is 11.4 Å². The lowest BCUT2D eigenvalue weighted by Crippen LogP contribution is -2.65. The Bertz CT molecular complexity index is 1250. The minimum Gasteiger partial charge on any atom is -0.508 e. The molecule has 1 amide bonds. The first-order valence-electron chi connectivity index (χ1n) is 11.8. The Hall–Kier alpha value is -3.41. The summed E-state index contributed by atoms with van der Waals surface area (Å²) in [7, 11) is 3.14. The molecule has 1 saturated heterocycles. The molecule has 36 heavy (non-hydrogen) atoms. The molecule has 0 radical (unpaired) electrons. The third-order valence-corrected chi connectivity index (χ3v) is 7.93. The molecule has 1 aromatic rings. The third kappa shape index (κ3) is 3.19. The quantitative estimate of drug-likeness (QED) is 0.350. The average molecular weight is 500 g/mol. The predicted molar refractivity (Wildman–Crippen MR) is 127 cm³/mol. The van der Waals surface area contributed by atoms with E-state index >= 15 is 0 Å². The highest BCUT2D eigenvalue weighted by molar-refractivity contribution is 6.24. The number of amides is 1. The Morgan fingerprint density at radius 2 is 1.83 bits per heavy atom. The molecule has 192 valence electrons.